The molecule has 0 unspecified atom stereocenters. The normalized spacial score (nSPS) is 19.1. The molecule has 1 aromatic rings. The third-order valence-corrected chi connectivity index (χ3v) is 5.59. The maximum atomic E-state index is 2.48. The first-order valence-electron chi connectivity index (χ1n) is 9.77. The predicted molar refractivity (Wildman–Crippen MR) is 107 cm³/mol. The van der Waals surface area contributed by atoms with E-state index in [1.807, 2.05) is 0 Å². The Kier molecular flexibility index (Phi) is 8.35. The molecular formula is C22H34ClN. The van der Waals surface area contributed by atoms with Crippen LogP contribution < -0.4 is 0 Å². The van der Waals surface area contributed by atoms with Crippen LogP contribution in [-0.2, 0) is 19.4 Å². The van der Waals surface area contributed by atoms with Gasteiger partial charge in [-0.15, -0.1) is 12.4 Å². The van der Waals surface area contributed by atoms with Gasteiger partial charge in [-0.25, -0.2) is 0 Å². The van der Waals surface area contributed by atoms with Gasteiger partial charge in [0.05, 0.1) is 0 Å². The number of rotatable bonds is 5. The second-order valence-corrected chi connectivity index (χ2v) is 7.69. The van der Waals surface area contributed by atoms with Gasteiger partial charge in [-0.05, 0) is 68.2 Å². The second-order valence-electron chi connectivity index (χ2n) is 7.69. The molecule has 1 aromatic carbocycles. The number of hydrogen-bond acceptors (Lipinski definition) is 1. The van der Waals surface area contributed by atoms with Gasteiger partial charge < -0.3 is 0 Å². The Balaban J connectivity index is 0.00000208. The van der Waals surface area contributed by atoms with Crippen molar-refractivity contribution in [2.45, 2.75) is 70.8 Å². The van der Waals surface area contributed by atoms with Crippen LogP contribution in [0.4, 0.5) is 0 Å². The zero-order valence-electron chi connectivity index (χ0n) is 15.3. The van der Waals surface area contributed by atoms with Gasteiger partial charge in [-0.1, -0.05) is 56.0 Å². The molecule has 1 fully saturated rings. The summed E-state index contributed by atoms with van der Waals surface area (Å²) in [4.78, 5) is 2.44. The fourth-order valence-corrected chi connectivity index (χ4v) is 4.20. The number of fused-ring (bicyclic) bond motifs is 1. The van der Waals surface area contributed by atoms with E-state index in [2.05, 4.69) is 42.3 Å². The van der Waals surface area contributed by atoms with Crippen LogP contribution in [0.5, 0.6) is 0 Å². The Morgan fingerprint density at radius 3 is 2.46 bits per heavy atom. The molecule has 3 rings (SSSR count). The highest BCUT2D eigenvalue weighted by atomic mass is 35.5. The van der Waals surface area contributed by atoms with Crippen LogP contribution in [0, 0.1) is 5.92 Å². The summed E-state index contributed by atoms with van der Waals surface area (Å²) in [5.74, 6) is 0.852. The Labute approximate surface area is 154 Å². The molecule has 134 valence electrons. The lowest BCUT2D eigenvalue weighted by molar-refractivity contribution is 0.360. The molecule has 0 amide bonds. The first-order chi connectivity index (χ1) is 11.3. The van der Waals surface area contributed by atoms with E-state index in [-0.39, 0.29) is 12.4 Å². The zero-order chi connectivity index (χ0) is 15.9. The van der Waals surface area contributed by atoms with Gasteiger partial charge in [-0.2, -0.15) is 0 Å². The summed E-state index contributed by atoms with van der Waals surface area (Å²) in [6.07, 6.45) is 18.7. The molecule has 1 nitrogen and oxygen atoms in total. The Bertz CT molecular complexity index is 517. The minimum absolute atomic E-state index is 0. The Morgan fingerprint density at radius 1 is 0.958 bits per heavy atom. The number of hydrogen-bond donors (Lipinski definition) is 0. The van der Waals surface area contributed by atoms with Crippen LogP contribution in [0.3, 0.4) is 0 Å². The van der Waals surface area contributed by atoms with Crippen molar-refractivity contribution >= 4 is 12.4 Å². The number of allylic oxidation sites excluding steroid dienone is 1. The van der Waals surface area contributed by atoms with Crippen molar-refractivity contribution in [1.29, 1.82) is 0 Å². The maximum Gasteiger partial charge on any atom is 0.0234 e. The monoisotopic (exact) mass is 347 g/mol. The largest absolute Gasteiger partial charge is 0.298 e. The summed E-state index contributed by atoms with van der Waals surface area (Å²) in [7, 11) is 2.25. The Morgan fingerprint density at radius 2 is 1.67 bits per heavy atom. The number of benzene rings is 1. The van der Waals surface area contributed by atoms with Crippen molar-refractivity contribution in [2.75, 3.05) is 13.6 Å². The lowest BCUT2D eigenvalue weighted by atomic mass is 9.89. The van der Waals surface area contributed by atoms with E-state index in [9.17, 15) is 0 Å². The van der Waals surface area contributed by atoms with E-state index in [1.54, 1.807) is 11.1 Å². The summed E-state index contributed by atoms with van der Waals surface area (Å²) in [5, 5.41) is 0. The van der Waals surface area contributed by atoms with Gasteiger partial charge in [0.2, 0.25) is 0 Å². The molecule has 0 radical (unpaired) electrons. The van der Waals surface area contributed by atoms with Gasteiger partial charge in [-0.3, -0.25) is 4.90 Å². The molecule has 0 heterocycles. The van der Waals surface area contributed by atoms with Crippen molar-refractivity contribution in [3.63, 3.8) is 0 Å². The van der Waals surface area contributed by atoms with E-state index in [0.717, 1.165) is 19.0 Å². The van der Waals surface area contributed by atoms with Crippen LogP contribution in [0.15, 0.2) is 30.4 Å². The fraction of sp³-hybridized carbons (Fsp3) is 0.636. The summed E-state index contributed by atoms with van der Waals surface area (Å²) in [5.41, 5.74) is 4.71. The molecule has 0 spiro atoms. The highest BCUT2D eigenvalue weighted by Gasteiger charge is 2.11. The van der Waals surface area contributed by atoms with Crippen LogP contribution in [0.1, 0.15) is 68.1 Å². The number of likely N-dealkylation sites (N-methyl/N-ethyl adjacent to an activating group) is 1. The molecule has 0 aliphatic heterocycles. The molecular weight excluding hydrogens is 314 g/mol. The molecule has 0 N–H and O–H groups in total. The lowest BCUT2D eigenvalue weighted by Crippen LogP contribution is -2.18. The summed E-state index contributed by atoms with van der Waals surface area (Å²) in [6, 6.07) is 7.22. The molecule has 0 saturated heterocycles. The molecule has 1 saturated carbocycles. The lowest BCUT2D eigenvalue weighted by Gasteiger charge is -2.19. The smallest absolute Gasteiger partial charge is 0.0234 e. The van der Waals surface area contributed by atoms with Gasteiger partial charge in [0, 0.05) is 13.1 Å². The molecule has 0 aromatic heterocycles. The average molecular weight is 348 g/mol. The quantitative estimate of drug-likeness (QED) is 0.470. The maximum absolute atomic E-state index is 2.48. The first-order valence-corrected chi connectivity index (χ1v) is 9.77. The summed E-state index contributed by atoms with van der Waals surface area (Å²) < 4.78 is 0. The SMILES string of the molecule is CN(C/C=C/C1CCCCC1)Cc1ccc2c(c1)CCCCC2.Cl. The molecule has 2 heteroatoms. The first kappa shape index (κ1) is 19.5. The predicted octanol–water partition coefficient (Wildman–Crippen LogP) is 5.95. The van der Waals surface area contributed by atoms with Crippen LogP contribution in [-0.4, -0.2) is 18.5 Å². The summed E-state index contributed by atoms with van der Waals surface area (Å²) >= 11 is 0. The molecule has 2 aliphatic carbocycles. The van der Waals surface area contributed by atoms with Crippen LogP contribution in [0.25, 0.3) is 0 Å². The van der Waals surface area contributed by atoms with E-state index in [0.29, 0.717) is 0 Å². The average Bonchev–Trinajstić information content (AvgIpc) is 2.81. The number of aryl methyl sites for hydroxylation is 2. The standard InChI is InChI=1S/C22H33N.ClH/c1-23(16-8-11-19-9-4-2-5-10-19)18-20-14-15-21-12-6-3-7-13-22(21)17-20;/h8,11,14-15,17,19H,2-7,9-10,12-13,16,18H2,1H3;1H/b11-8+;. The minimum atomic E-state index is 0. The van der Waals surface area contributed by atoms with E-state index >= 15 is 0 Å². The van der Waals surface area contributed by atoms with E-state index in [4.69, 9.17) is 0 Å². The number of nitrogens with zero attached hydrogens (tertiary/aromatic N) is 1. The van der Waals surface area contributed by atoms with Crippen LogP contribution >= 0.6 is 12.4 Å². The number of halogens is 1. The van der Waals surface area contributed by atoms with Crippen molar-refractivity contribution in [3.05, 3.63) is 47.0 Å². The van der Waals surface area contributed by atoms with Crippen molar-refractivity contribution < 1.29 is 0 Å². The van der Waals surface area contributed by atoms with E-state index < -0.39 is 0 Å². The third-order valence-electron chi connectivity index (χ3n) is 5.59. The van der Waals surface area contributed by atoms with Gasteiger partial charge in [0.25, 0.3) is 0 Å². The second kappa shape index (κ2) is 10.3. The van der Waals surface area contributed by atoms with Gasteiger partial charge in [0.1, 0.15) is 0 Å². The molecule has 0 bridgehead atoms. The highest BCUT2D eigenvalue weighted by molar-refractivity contribution is 5.85. The topological polar surface area (TPSA) is 3.24 Å². The van der Waals surface area contributed by atoms with Gasteiger partial charge in [0.15, 0.2) is 0 Å². The van der Waals surface area contributed by atoms with Crippen LogP contribution in [0.2, 0.25) is 0 Å². The third kappa shape index (κ3) is 5.93. The fourth-order valence-electron chi connectivity index (χ4n) is 4.20. The van der Waals surface area contributed by atoms with Crippen molar-refractivity contribution in [1.82, 2.24) is 4.90 Å². The zero-order valence-corrected chi connectivity index (χ0v) is 16.1. The molecule has 2 aliphatic rings. The highest BCUT2D eigenvalue weighted by Crippen LogP contribution is 2.25. The van der Waals surface area contributed by atoms with E-state index in [1.165, 1.54) is 69.8 Å². The summed E-state index contributed by atoms with van der Waals surface area (Å²) in [6.45, 7) is 2.15. The van der Waals surface area contributed by atoms with Crippen molar-refractivity contribution in [3.8, 4) is 0 Å². The Hall–Kier alpha value is -0.790. The molecule has 24 heavy (non-hydrogen) atoms. The van der Waals surface area contributed by atoms with Crippen molar-refractivity contribution in [2.24, 2.45) is 5.92 Å². The molecule has 0 atom stereocenters. The minimum Gasteiger partial charge on any atom is -0.298 e. The van der Waals surface area contributed by atoms with Gasteiger partial charge >= 0.3 is 0 Å².